The number of nitrogens with zero attached hydrogens (tertiary/aromatic N) is 1. The molecule has 1 atom stereocenters. The van der Waals surface area contributed by atoms with E-state index < -0.39 is 0 Å². The molecule has 2 aromatic rings. The van der Waals surface area contributed by atoms with E-state index in [1.54, 1.807) is 4.90 Å². The highest BCUT2D eigenvalue weighted by Gasteiger charge is 2.20. The van der Waals surface area contributed by atoms with E-state index in [-0.39, 0.29) is 12.0 Å². The first kappa shape index (κ1) is 14.8. The molecule has 3 rings (SSSR count). The van der Waals surface area contributed by atoms with Crippen molar-refractivity contribution < 1.29 is 9.53 Å². The molecule has 0 radical (unpaired) electrons. The van der Waals surface area contributed by atoms with Crippen molar-refractivity contribution in [1.82, 2.24) is 4.90 Å². The van der Waals surface area contributed by atoms with Crippen molar-refractivity contribution in [2.24, 2.45) is 0 Å². The summed E-state index contributed by atoms with van der Waals surface area (Å²) in [6.07, 6.45) is 2.32. The van der Waals surface area contributed by atoms with Gasteiger partial charge in [-0.3, -0.25) is 4.79 Å². The minimum absolute atomic E-state index is 0.0493. The van der Waals surface area contributed by atoms with Gasteiger partial charge in [-0.25, -0.2) is 0 Å². The number of ether oxygens (including phenoxy) is 1. The Kier molecular flexibility index (Phi) is 4.54. The van der Waals surface area contributed by atoms with Gasteiger partial charge < -0.3 is 9.64 Å². The molecule has 0 aromatic heterocycles. The molecule has 0 bridgehead atoms. The van der Waals surface area contributed by atoms with Crippen molar-refractivity contribution in [3.63, 3.8) is 0 Å². The fraction of sp³-hybridized carbons (Fsp3) is 0.316. The highest BCUT2D eigenvalue weighted by atomic mass is 16.5. The van der Waals surface area contributed by atoms with Crippen molar-refractivity contribution in [1.29, 1.82) is 0 Å². The lowest BCUT2D eigenvalue weighted by Crippen LogP contribution is -2.34. The second-order valence-electron chi connectivity index (χ2n) is 5.77. The van der Waals surface area contributed by atoms with E-state index in [1.807, 2.05) is 49.5 Å². The number of carbonyl (C=O) groups is 1. The standard InChI is InChI=1S/C19H21NO2/c1-20(14-18-11-6-12-22-18)19(21)17-10-5-9-16(13-17)15-7-3-2-4-8-15/h2-5,7-10,13,18H,6,11-12,14H2,1H3. The Morgan fingerprint density at radius 2 is 1.91 bits per heavy atom. The first-order valence-corrected chi connectivity index (χ1v) is 7.76. The van der Waals surface area contributed by atoms with Crippen LogP contribution in [0.2, 0.25) is 0 Å². The molecule has 1 aliphatic rings. The number of carbonyl (C=O) groups excluding carboxylic acids is 1. The van der Waals surface area contributed by atoms with E-state index >= 15 is 0 Å². The van der Waals surface area contributed by atoms with Crippen LogP contribution in [0.1, 0.15) is 23.2 Å². The molecule has 0 spiro atoms. The largest absolute Gasteiger partial charge is 0.376 e. The number of likely N-dealkylation sites (N-methyl/N-ethyl adjacent to an activating group) is 1. The van der Waals surface area contributed by atoms with Crippen LogP contribution in [-0.4, -0.2) is 37.1 Å². The first-order chi connectivity index (χ1) is 10.7. The van der Waals surface area contributed by atoms with Gasteiger partial charge in [-0.2, -0.15) is 0 Å². The summed E-state index contributed by atoms with van der Waals surface area (Å²) in [6, 6.07) is 17.9. The second-order valence-corrected chi connectivity index (χ2v) is 5.77. The summed E-state index contributed by atoms with van der Waals surface area (Å²) in [6.45, 7) is 1.48. The van der Waals surface area contributed by atoms with Crippen LogP contribution in [0.4, 0.5) is 0 Å². The average molecular weight is 295 g/mol. The van der Waals surface area contributed by atoms with Crippen molar-refractivity contribution in [2.75, 3.05) is 20.2 Å². The Balaban J connectivity index is 1.75. The molecule has 0 saturated carbocycles. The summed E-state index contributed by atoms with van der Waals surface area (Å²) in [7, 11) is 1.85. The molecule has 3 heteroatoms. The van der Waals surface area contributed by atoms with E-state index in [0.717, 1.165) is 36.1 Å². The Bertz CT molecular complexity index is 633. The van der Waals surface area contributed by atoms with Gasteiger partial charge in [0.25, 0.3) is 5.91 Å². The van der Waals surface area contributed by atoms with Crippen molar-refractivity contribution in [2.45, 2.75) is 18.9 Å². The third kappa shape index (κ3) is 3.37. The van der Waals surface area contributed by atoms with Crippen LogP contribution < -0.4 is 0 Å². The molecule has 1 aliphatic heterocycles. The Labute approximate surface area is 131 Å². The van der Waals surface area contributed by atoms with Crippen LogP contribution >= 0.6 is 0 Å². The number of benzene rings is 2. The number of hydrogen-bond donors (Lipinski definition) is 0. The van der Waals surface area contributed by atoms with Gasteiger partial charge in [0.1, 0.15) is 0 Å². The fourth-order valence-electron chi connectivity index (χ4n) is 2.86. The summed E-state index contributed by atoms with van der Waals surface area (Å²) in [4.78, 5) is 14.4. The number of rotatable bonds is 4. The van der Waals surface area contributed by atoms with Crippen molar-refractivity contribution in [3.05, 3.63) is 60.2 Å². The quantitative estimate of drug-likeness (QED) is 0.862. The molecule has 1 fully saturated rings. The molecule has 114 valence electrons. The van der Waals surface area contributed by atoms with E-state index in [0.29, 0.717) is 6.54 Å². The molecule has 1 saturated heterocycles. The molecule has 22 heavy (non-hydrogen) atoms. The number of amides is 1. The summed E-state index contributed by atoms with van der Waals surface area (Å²) >= 11 is 0. The van der Waals surface area contributed by atoms with Gasteiger partial charge in [0.15, 0.2) is 0 Å². The predicted molar refractivity (Wildman–Crippen MR) is 87.8 cm³/mol. The van der Waals surface area contributed by atoms with E-state index in [4.69, 9.17) is 4.74 Å². The molecule has 3 nitrogen and oxygen atoms in total. The molecular weight excluding hydrogens is 274 g/mol. The topological polar surface area (TPSA) is 29.5 Å². The maximum Gasteiger partial charge on any atom is 0.253 e. The summed E-state index contributed by atoms with van der Waals surface area (Å²) in [5.74, 6) is 0.0493. The average Bonchev–Trinajstić information content (AvgIpc) is 3.08. The minimum Gasteiger partial charge on any atom is -0.376 e. The normalized spacial score (nSPS) is 17.4. The first-order valence-electron chi connectivity index (χ1n) is 7.76. The summed E-state index contributed by atoms with van der Waals surface area (Å²) in [5, 5.41) is 0. The van der Waals surface area contributed by atoms with Gasteiger partial charge >= 0.3 is 0 Å². The maximum atomic E-state index is 12.6. The second kappa shape index (κ2) is 6.75. The SMILES string of the molecule is CN(CC1CCCO1)C(=O)c1cccc(-c2ccccc2)c1. The monoisotopic (exact) mass is 295 g/mol. The molecule has 0 aliphatic carbocycles. The fourth-order valence-corrected chi connectivity index (χ4v) is 2.86. The van der Waals surface area contributed by atoms with E-state index in [2.05, 4.69) is 12.1 Å². The van der Waals surface area contributed by atoms with Gasteiger partial charge in [0.05, 0.1) is 6.10 Å². The van der Waals surface area contributed by atoms with Crippen molar-refractivity contribution >= 4 is 5.91 Å². The highest BCUT2D eigenvalue weighted by Crippen LogP contribution is 2.21. The zero-order chi connectivity index (χ0) is 15.4. The van der Waals surface area contributed by atoms with Crippen LogP contribution in [-0.2, 0) is 4.74 Å². The van der Waals surface area contributed by atoms with Gasteiger partial charge in [-0.15, -0.1) is 0 Å². The zero-order valence-corrected chi connectivity index (χ0v) is 12.9. The van der Waals surface area contributed by atoms with Gasteiger partial charge in [-0.1, -0.05) is 42.5 Å². The van der Waals surface area contributed by atoms with Crippen LogP contribution in [0.5, 0.6) is 0 Å². The van der Waals surface area contributed by atoms with E-state index in [9.17, 15) is 4.79 Å². The van der Waals surface area contributed by atoms with E-state index in [1.165, 1.54) is 0 Å². The predicted octanol–water partition coefficient (Wildman–Crippen LogP) is 3.60. The molecule has 1 unspecified atom stereocenters. The third-order valence-corrected chi connectivity index (χ3v) is 4.06. The molecule has 0 N–H and O–H groups in total. The minimum atomic E-state index is 0.0493. The lowest BCUT2D eigenvalue weighted by Gasteiger charge is -2.21. The highest BCUT2D eigenvalue weighted by molar-refractivity contribution is 5.95. The molecule has 1 heterocycles. The van der Waals surface area contributed by atoms with Crippen LogP contribution in [0.25, 0.3) is 11.1 Å². The zero-order valence-electron chi connectivity index (χ0n) is 12.9. The lowest BCUT2D eigenvalue weighted by molar-refractivity contribution is 0.0587. The van der Waals surface area contributed by atoms with Crippen LogP contribution in [0.3, 0.4) is 0 Å². The van der Waals surface area contributed by atoms with Crippen LogP contribution in [0, 0.1) is 0 Å². The van der Waals surface area contributed by atoms with Gasteiger partial charge in [0, 0.05) is 25.8 Å². The Morgan fingerprint density at radius 1 is 1.14 bits per heavy atom. The number of hydrogen-bond acceptors (Lipinski definition) is 2. The maximum absolute atomic E-state index is 12.6. The van der Waals surface area contributed by atoms with Crippen molar-refractivity contribution in [3.8, 4) is 11.1 Å². The molecular formula is C19H21NO2. The Hall–Kier alpha value is -2.13. The lowest BCUT2D eigenvalue weighted by atomic mass is 10.0. The smallest absolute Gasteiger partial charge is 0.253 e. The van der Waals surface area contributed by atoms with Gasteiger partial charge in [0.2, 0.25) is 0 Å². The Morgan fingerprint density at radius 3 is 2.64 bits per heavy atom. The van der Waals surface area contributed by atoms with Crippen LogP contribution in [0.15, 0.2) is 54.6 Å². The third-order valence-electron chi connectivity index (χ3n) is 4.06. The molecule has 1 amide bonds. The van der Waals surface area contributed by atoms with Gasteiger partial charge in [-0.05, 0) is 36.1 Å². The summed E-state index contributed by atoms with van der Waals surface area (Å²) < 4.78 is 5.61. The molecule has 2 aromatic carbocycles. The summed E-state index contributed by atoms with van der Waals surface area (Å²) in [5.41, 5.74) is 2.91.